The van der Waals surface area contributed by atoms with Gasteiger partial charge in [0, 0.05) is 25.3 Å². The lowest BCUT2D eigenvalue weighted by atomic mass is 9.88. The van der Waals surface area contributed by atoms with E-state index in [1.54, 1.807) is 0 Å². The Balaban J connectivity index is 1.72. The van der Waals surface area contributed by atoms with Gasteiger partial charge in [0.2, 0.25) is 5.89 Å². The molecule has 0 bridgehead atoms. The van der Waals surface area contributed by atoms with E-state index in [-0.39, 0.29) is 12.0 Å². The summed E-state index contributed by atoms with van der Waals surface area (Å²) >= 11 is 0. The second-order valence-electron chi connectivity index (χ2n) is 6.42. The van der Waals surface area contributed by atoms with Crippen LogP contribution in [0.3, 0.4) is 0 Å². The van der Waals surface area contributed by atoms with E-state index in [0.29, 0.717) is 18.6 Å². The minimum absolute atomic E-state index is 0.195. The van der Waals surface area contributed by atoms with Gasteiger partial charge in [-0.3, -0.25) is 9.69 Å². The van der Waals surface area contributed by atoms with Crippen LogP contribution in [-0.4, -0.2) is 59.5 Å². The molecule has 6 nitrogen and oxygen atoms in total. The number of carbonyl (C=O) groups excluding carboxylic acids is 1. The summed E-state index contributed by atoms with van der Waals surface area (Å²) in [4.78, 5) is 20.6. The van der Waals surface area contributed by atoms with E-state index in [1.807, 2.05) is 0 Å². The maximum absolute atomic E-state index is 11.3. The summed E-state index contributed by atoms with van der Waals surface area (Å²) in [6.45, 7) is 3.09. The number of ketones is 1. The van der Waals surface area contributed by atoms with E-state index in [9.17, 15) is 4.79 Å². The molecule has 0 amide bonds. The highest BCUT2D eigenvalue weighted by molar-refractivity contribution is 5.79. The SMILES string of the molecule is CN1CCCN(C)C(c2noc(C3CCC(=O)CC3)n2)C1. The number of likely N-dealkylation sites (N-methyl/N-ethyl adjacent to an activating group) is 2. The number of carbonyl (C=O) groups is 1. The molecule has 1 aliphatic carbocycles. The Labute approximate surface area is 125 Å². The van der Waals surface area contributed by atoms with Crippen LogP contribution in [0.15, 0.2) is 4.52 Å². The normalized spacial score (nSPS) is 27.0. The predicted octanol–water partition coefficient (Wildman–Crippen LogP) is 1.60. The van der Waals surface area contributed by atoms with Crippen molar-refractivity contribution in [2.45, 2.75) is 44.1 Å². The molecule has 1 atom stereocenters. The van der Waals surface area contributed by atoms with Crippen molar-refractivity contribution in [3.63, 3.8) is 0 Å². The van der Waals surface area contributed by atoms with Crippen molar-refractivity contribution in [1.29, 1.82) is 0 Å². The molecule has 3 rings (SSSR count). The monoisotopic (exact) mass is 292 g/mol. The van der Waals surface area contributed by atoms with Crippen LogP contribution in [0.5, 0.6) is 0 Å². The number of rotatable bonds is 2. The molecule has 21 heavy (non-hydrogen) atoms. The molecule has 0 spiro atoms. The Morgan fingerprint density at radius 1 is 1.19 bits per heavy atom. The minimum Gasteiger partial charge on any atom is -0.339 e. The molecule has 1 saturated carbocycles. The van der Waals surface area contributed by atoms with Crippen molar-refractivity contribution in [2.75, 3.05) is 33.7 Å². The highest BCUT2D eigenvalue weighted by atomic mass is 16.5. The van der Waals surface area contributed by atoms with Crippen molar-refractivity contribution in [3.8, 4) is 0 Å². The molecule has 1 aromatic rings. The van der Waals surface area contributed by atoms with Gasteiger partial charge in [0.1, 0.15) is 5.78 Å². The first-order chi connectivity index (χ1) is 10.1. The van der Waals surface area contributed by atoms with E-state index >= 15 is 0 Å². The van der Waals surface area contributed by atoms with Gasteiger partial charge in [-0.15, -0.1) is 0 Å². The quantitative estimate of drug-likeness (QED) is 0.825. The second-order valence-corrected chi connectivity index (χ2v) is 6.42. The summed E-state index contributed by atoms with van der Waals surface area (Å²) in [5.41, 5.74) is 0. The smallest absolute Gasteiger partial charge is 0.229 e. The van der Waals surface area contributed by atoms with Gasteiger partial charge in [-0.05, 0) is 46.4 Å². The summed E-state index contributed by atoms with van der Waals surface area (Å²) in [6, 6.07) is 0.195. The number of aromatic nitrogens is 2. The van der Waals surface area contributed by atoms with Crippen molar-refractivity contribution in [2.24, 2.45) is 0 Å². The number of hydrogen-bond donors (Lipinski definition) is 0. The zero-order chi connectivity index (χ0) is 14.8. The molecule has 2 aliphatic rings. The Hall–Kier alpha value is -1.27. The third-order valence-corrected chi connectivity index (χ3v) is 4.72. The maximum Gasteiger partial charge on any atom is 0.229 e. The third kappa shape index (κ3) is 3.32. The molecule has 0 N–H and O–H groups in total. The fourth-order valence-electron chi connectivity index (χ4n) is 3.29. The fourth-order valence-corrected chi connectivity index (χ4v) is 3.29. The van der Waals surface area contributed by atoms with Gasteiger partial charge in [0.05, 0.1) is 6.04 Å². The van der Waals surface area contributed by atoms with E-state index in [2.05, 4.69) is 34.0 Å². The Kier molecular flexibility index (Phi) is 4.35. The summed E-state index contributed by atoms with van der Waals surface area (Å²) in [5.74, 6) is 2.13. The van der Waals surface area contributed by atoms with Gasteiger partial charge in [-0.1, -0.05) is 5.16 Å². The van der Waals surface area contributed by atoms with E-state index in [0.717, 1.165) is 44.2 Å². The molecule has 1 unspecified atom stereocenters. The zero-order valence-electron chi connectivity index (χ0n) is 12.9. The fraction of sp³-hybridized carbons (Fsp3) is 0.800. The largest absolute Gasteiger partial charge is 0.339 e. The number of hydrogen-bond acceptors (Lipinski definition) is 6. The lowest BCUT2D eigenvalue weighted by molar-refractivity contribution is -0.120. The minimum atomic E-state index is 0.195. The Morgan fingerprint density at radius 3 is 2.71 bits per heavy atom. The van der Waals surface area contributed by atoms with Crippen molar-refractivity contribution >= 4 is 5.78 Å². The molecule has 2 heterocycles. The Bertz CT molecular complexity index is 492. The first kappa shape index (κ1) is 14.7. The van der Waals surface area contributed by atoms with Crippen LogP contribution in [0.2, 0.25) is 0 Å². The lowest BCUT2D eigenvalue weighted by Crippen LogP contribution is -2.31. The van der Waals surface area contributed by atoms with Crippen LogP contribution in [-0.2, 0) is 4.79 Å². The van der Waals surface area contributed by atoms with Crippen LogP contribution < -0.4 is 0 Å². The molecule has 1 aliphatic heterocycles. The van der Waals surface area contributed by atoms with E-state index in [4.69, 9.17) is 4.52 Å². The average molecular weight is 292 g/mol. The van der Waals surface area contributed by atoms with Gasteiger partial charge in [-0.2, -0.15) is 4.98 Å². The Morgan fingerprint density at radius 2 is 1.95 bits per heavy atom. The molecule has 1 saturated heterocycles. The summed E-state index contributed by atoms with van der Waals surface area (Å²) < 4.78 is 5.50. The van der Waals surface area contributed by atoms with Crippen LogP contribution in [0.25, 0.3) is 0 Å². The highest BCUT2D eigenvalue weighted by Gasteiger charge is 2.29. The standard InChI is InChI=1S/C15H24N4O2/c1-18-8-3-9-19(2)13(10-18)14-16-15(21-17-14)11-4-6-12(20)7-5-11/h11,13H,3-10H2,1-2H3. The van der Waals surface area contributed by atoms with E-state index in [1.165, 1.54) is 6.42 Å². The molecular weight excluding hydrogens is 268 g/mol. The first-order valence-corrected chi connectivity index (χ1v) is 7.87. The van der Waals surface area contributed by atoms with E-state index < -0.39 is 0 Å². The zero-order valence-corrected chi connectivity index (χ0v) is 12.9. The average Bonchev–Trinajstić information content (AvgIpc) is 2.88. The molecular formula is C15H24N4O2. The van der Waals surface area contributed by atoms with Crippen LogP contribution in [0, 0.1) is 0 Å². The van der Waals surface area contributed by atoms with Crippen molar-refractivity contribution in [3.05, 3.63) is 11.7 Å². The molecule has 1 aromatic heterocycles. The van der Waals surface area contributed by atoms with Gasteiger partial charge in [0.25, 0.3) is 0 Å². The maximum atomic E-state index is 11.3. The van der Waals surface area contributed by atoms with Crippen LogP contribution >= 0.6 is 0 Å². The van der Waals surface area contributed by atoms with Gasteiger partial charge in [-0.25, -0.2) is 0 Å². The third-order valence-electron chi connectivity index (χ3n) is 4.72. The molecule has 0 aromatic carbocycles. The topological polar surface area (TPSA) is 62.5 Å². The van der Waals surface area contributed by atoms with Crippen molar-refractivity contribution in [1.82, 2.24) is 19.9 Å². The number of Topliss-reactive ketones (excluding diaryl/α,β-unsaturated/α-hetero) is 1. The molecule has 116 valence electrons. The molecule has 2 fully saturated rings. The van der Waals surface area contributed by atoms with Crippen molar-refractivity contribution < 1.29 is 9.32 Å². The summed E-state index contributed by atoms with van der Waals surface area (Å²) in [5, 5.41) is 4.22. The molecule has 6 heteroatoms. The lowest BCUT2D eigenvalue weighted by Gasteiger charge is -2.24. The van der Waals surface area contributed by atoms with Gasteiger partial charge in [0.15, 0.2) is 5.82 Å². The second kappa shape index (κ2) is 6.23. The van der Waals surface area contributed by atoms with Gasteiger partial charge >= 0.3 is 0 Å². The van der Waals surface area contributed by atoms with Crippen LogP contribution in [0.4, 0.5) is 0 Å². The summed E-state index contributed by atoms with van der Waals surface area (Å²) in [6.07, 6.45) is 4.16. The molecule has 0 radical (unpaired) electrons. The summed E-state index contributed by atoms with van der Waals surface area (Å²) in [7, 11) is 4.26. The predicted molar refractivity (Wildman–Crippen MR) is 78.0 cm³/mol. The number of nitrogens with zero attached hydrogens (tertiary/aromatic N) is 4. The van der Waals surface area contributed by atoms with Gasteiger partial charge < -0.3 is 9.42 Å². The first-order valence-electron chi connectivity index (χ1n) is 7.87. The van der Waals surface area contributed by atoms with Crippen LogP contribution in [0.1, 0.15) is 55.8 Å². The highest BCUT2D eigenvalue weighted by Crippen LogP contribution is 2.31.